The second kappa shape index (κ2) is 4.31. The SMILES string of the molecule is O=C(O)N1CC=C(c2cccc3[nH]c(=O)oc23)CC1. The topological polar surface area (TPSA) is 86.5 Å². The van der Waals surface area contributed by atoms with E-state index < -0.39 is 11.8 Å². The van der Waals surface area contributed by atoms with E-state index in [1.165, 1.54) is 4.90 Å². The first kappa shape index (κ1) is 11.6. The third kappa shape index (κ3) is 2.01. The summed E-state index contributed by atoms with van der Waals surface area (Å²) in [7, 11) is 0. The maximum atomic E-state index is 11.2. The van der Waals surface area contributed by atoms with E-state index in [1.54, 1.807) is 6.07 Å². The Morgan fingerprint density at radius 1 is 1.42 bits per heavy atom. The highest BCUT2D eigenvalue weighted by Crippen LogP contribution is 2.27. The molecular weight excluding hydrogens is 248 g/mol. The van der Waals surface area contributed by atoms with Crippen LogP contribution in [0.1, 0.15) is 12.0 Å². The number of oxazole rings is 1. The summed E-state index contributed by atoms with van der Waals surface area (Å²) in [5.74, 6) is -0.481. The van der Waals surface area contributed by atoms with E-state index >= 15 is 0 Å². The molecule has 98 valence electrons. The molecule has 2 N–H and O–H groups in total. The van der Waals surface area contributed by atoms with E-state index in [9.17, 15) is 9.59 Å². The Labute approximate surface area is 107 Å². The maximum absolute atomic E-state index is 11.2. The fourth-order valence-corrected chi connectivity index (χ4v) is 2.31. The lowest BCUT2D eigenvalue weighted by Crippen LogP contribution is -2.33. The van der Waals surface area contributed by atoms with Gasteiger partial charge in [0.2, 0.25) is 0 Å². The molecule has 0 aliphatic carbocycles. The van der Waals surface area contributed by atoms with Gasteiger partial charge in [-0.3, -0.25) is 4.98 Å². The summed E-state index contributed by atoms with van der Waals surface area (Å²) >= 11 is 0. The Kier molecular flexibility index (Phi) is 2.63. The molecule has 1 aromatic heterocycles. The molecule has 1 aliphatic rings. The zero-order chi connectivity index (χ0) is 13.4. The van der Waals surface area contributed by atoms with Crippen molar-refractivity contribution in [3.63, 3.8) is 0 Å². The number of nitrogens with zero attached hydrogens (tertiary/aromatic N) is 1. The number of hydrogen-bond acceptors (Lipinski definition) is 3. The molecule has 6 heteroatoms. The van der Waals surface area contributed by atoms with Crippen LogP contribution in [0.25, 0.3) is 16.7 Å². The Bertz CT molecular complexity index is 726. The molecule has 0 unspecified atom stereocenters. The van der Waals surface area contributed by atoms with Crippen molar-refractivity contribution in [3.05, 3.63) is 40.4 Å². The van der Waals surface area contributed by atoms with Crippen molar-refractivity contribution in [2.45, 2.75) is 6.42 Å². The lowest BCUT2D eigenvalue weighted by Gasteiger charge is -2.23. The van der Waals surface area contributed by atoms with Gasteiger partial charge in [-0.05, 0) is 18.1 Å². The van der Waals surface area contributed by atoms with Crippen molar-refractivity contribution < 1.29 is 14.3 Å². The van der Waals surface area contributed by atoms with E-state index in [0.717, 1.165) is 11.1 Å². The van der Waals surface area contributed by atoms with Crippen LogP contribution in [0.3, 0.4) is 0 Å². The molecule has 3 rings (SSSR count). The zero-order valence-corrected chi connectivity index (χ0v) is 10.0. The van der Waals surface area contributed by atoms with Gasteiger partial charge < -0.3 is 14.4 Å². The Morgan fingerprint density at radius 3 is 2.95 bits per heavy atom. The highest BCUT2D eigenvalue weighted by Gasteiger charge is 2.19. The third-order valence-electron chi connectivity index (χ3n) is 3.27. The van der Waals surface area contributed by atoms with Crippen molar-refractivity contribution in [2.24, 2.45) is 0 Å². The summed E-state index contributed by atoms with van der Waals surface area (Å²) < 4.78 is 5.14. The van der Waals surface area contributed by atoms with Gasteiger partial charge in [0.1, 0.15) is 0 Å². The first-order valence-electron chi connectivity index (χ1n) is 5.94. The van der Waals surface area contributed by atoms with Crippen LogP contribution in [0, 0.1) is 0 Å². The molecule has 6 nitrogen and oxygen atoms in total. The minimum Gasteiger partial charge on any atom is -0.465 e. The van der Waals surface area contributed by atoms with Gasteiger partial charge in [0.25, 0.3) is 0 Å². The van der Waals surface area contributed by atoms with Crippen LogP contribution < -0.4 is 5.76 Å². The lowest BCUT2D eigenvalue weighted by atomic mass is 9.99. The average Bonchev–Trinajstić information content (AvgIpc) is 2.78. The number of aromatic amines is 1. The summed E-state index contributed by atoms with van der Waals surface area (Å²) in [6.07, 6.45) is 1.56. The summed E-state index contributed by atoms with van der Waals surface area (Å²) in [4.78, 5) is 26.0. The van der Waals surface area contributed by atoms with Gasteiger partial charge in [0, 0.05) is 18.7 Å². The van der Waals surface area contributed by atoms with Gasteiger partial charge in [0.15, 0.2) is 5.58 Å². The Balaban J connectivity index is 2.01. The highest BCUT2D eigenvalue weighted by atomic mass is 16.4. The van der Waals surface area contributed by atoms with Crippen LogP contribution in [-0.2, 0) is 0 Å². The molecule has 1 amide bonds. The Morgan fingerprint density at radius 2 is 2.26 bits per heavy atom. The van der Waals surface area contributed by atoms with Crippen LogP contribution in [0.15, 0.2) is 33.5 Å². The molecule has 0 bridgehead atoms. The number of carboxylic acid groups (broad SMARTS) is 1. The summed E-state index contributed by atoms with van der Waals surface area (Å²) in [5, 5.41) is 8.90. The number of rotatable bonds is 1. The molecule has 1 aromatic carbocycles. The van der Waals surface area contributed by atoms with Crippen molar-refractivity contribution in [3.8, 4) is 0 Å². The number of aromatic nitrogens is 1. The summed E-state index contributed by atoms with van der Waals surface area (Å²) in [6.45, 7) is 0.807. The van der Waals surface area contributed by atoms with Crippen molar-refractivity contribution in [2.75, 3.05) is 13.1 Å². The summed E-state index contributed by atoms with van der Waals surface area (Å²) in [5.41, 5.74) is 3.04. The monoisotopic (exact) mass is 260 g/mol. The molecule has 0 spiro atoms. The van der Waals surface area contributed by atoms with Crippen molar-refractivity contribution >= 4 is 22.8 Å². The molecule has 0 saturated heterocycles. The van der Waals surface area contributed by atoms with Crippen LogP contribution >= 0.6 is 0 Å². The molecule has 0 radical (unpaired) electrons. The van der Waals surface area contributed by atoms with Gasteiger partial charge in [-0.1, -0.05) is 18.2 Å². The predicted molar refractivity (Wildman–Crippen MR) is 69.0 cm³/mol. The molecule has 2 heterocycles. The number of nitrogens with one attached hydrogen (secondary N) is 1. The Hall–Kier alpha value is -2.50. The fourth-order valence-electron chi connectivity index (χ4n) is 2.31. The highest BCUT2D eigenvalue weighted by molar-refractivity contribution is 5.87. The van der Waals surface area contributed by atoms with Gasteiger partial charge in [-0.2, -0.15) is 0 Å². The molecule has 2 aromatic rings. The number of hydrogen-bond donors (Lipinski definition) is 2. The van der Waals surface area contributed by atoms with Gasteiger partial charge in [-0.25, -0.2) is 9.59 Å². The lowest BCUT2D eigenvalue weighted by molar-refractivity contribution is 0.150. The number of fused-ring (bicyclic) bond motifs is 1. The van der Waals surface area contributed by atoms with Gasteiger partial charge >= 0.3 is 11.8 Å². The fraction of sp³-hybridized carbons (Fsp3) is 0.231. The molecule has 19 heavy (non-hydrogen) atoms. The number of benzene rings is 1. The smallest absolute Gasteiger partial charge is 0.417 e. The van der Waals surface area contributed by atoms with Gasteiger partial charge in [-0.15, -0.1) is 0 Å². The molecular formula is C13H12N2O4. The third-order valence-corrected chi connectivity index (χ3v) is 3.27. The number of H-pyrrole nitrogens is 1. The number of para-hydroxylation sites is 1. The predicted octanol–water partition coefficient (Wildman–Crippen LogP) is 1.89. The molecule has 1 aliphatic heterocycles. The second-order valence-corrected chi connectivity index (χ2v) is 4.40. The quantitative estimate of drug-likeness (QED) is 0.819. The minimum atomic E-state index is -0.915. The molecule has 0 saturated carbocycles. The summed E-state index contributed by atoms with van der Waals surface area (Å²) in [6, 6.07) is 5.49. The standard InChI is InChI=1S/C13H12N2O4/c16-12-14-10-3-1-2-9(11(10)19-12)8-4-6-15(7-5-8)13(17)18/h1-4H,5-7H2,(H,14,16)(H,17,18). The normalized spacial score (nSPS) is 15.6. The van der Waals surface area contributed by atoms with Gasteiger partial charge in [0.05, 0.1) is 5.52 Å². The van der Waals surface area contributed by atoms with E-state index in [1.807, 2.05) is 18.2 Å². The number of carbonyl (C=O) groups is 1. The largest absolute Gasteiger partial charge is 0.465 e. The number of amides is 1. The first-order valence-corrected chi connectivity index (χ1v) is 5.94. The van der Waals surface area contributed by atoms with Crippen LogP contribution in [0.4, 0.5) is 4.79 Å². The minimum absolute atomic E-state index is 0.357. The van der Waals surface area contributed by atoms with E-state index in [-0.39, 0.29) is 0 Å². The molecule has 0 fully saturated rings. The zero-order valence-electron chi connectivity index (χ0n) is 10.0. The first-order chi connectivity index (χ1) is 9.15. The average molecular weight is 260 g/mol. The van der Waals surface area contributed by atoms with Crippen molar-refractivity contribution in [1.82, 2.24) is 9.88 Å². The van der Waals surface area contributed by atoms with Crippen LogP contribution in [-0.4, -0.2) is 34.2 Å². The van der Waals surface area contributed by atoms with Crippen LogP contribution in [0.2, 0.25) is 0 Å². The molecule has 0 atom stereocenters. The second-order valence-electron chi connectivity index (χ2n) is 4.40. The van der Waals surface area contributed by atoms with Crippen LogP contribution in [0.5, 0.6) is 0 Å². The van der Waals surface area contributed by atoms with E-state index in [2.05, 4.69) is 4.98 Å². The van der Waals surface area contributed by atoms with E-state index in [4.69, 9.17) is 9.52 Å². The van der Waals surface area contributed by atoms with Crippen molar-refractivity contribution in [1.29, 1.82) is 0 Å². The maximum Gasteiger partial charge on any atom is 0.417 e. The van der Waals surface area contributed by atoms with E-state index in [0.29, 0.717) is 30.6 Å².